The molecule has 1 aromatic carbocycles. The number of halogens is 1. The van der Waals surface area contributed by atoms with Crippen LogP contribution >= 0.6 is 12.4 Å². The molecule has 0 radical (unpaired) electrons. The van der Waals surface area contributed by atoms with Crippen LogP contribution in [-0.2, 0) is 9.53 Å². The molecule has 4 nitrogen and oxygen atoms in total. The highest BCUT2D eigenvalue weighted by Gasteiger charge is 2.22. The number of hydrogen-bond acceptors (Lipinski definition) is 3. The Labute approximate surface area is 126 Å². The summed E-state index contributed by atoms with van der Waals surface area (Å²) in [4.78, 5) is 12.1. The van der Waals surface area contributed by atoms with Crippen molar-refractivity contribution >= 4 is 18.3 Å². The van der Waals surface area contributed by atoms with Gasteiger partial charge in [-0.2, -0.15) is 0 Å². The number of rotatable bonds is 3. The van der Waals surface area contributed by atoms with Crippen LogP contribution in [0.3, 0.4) is 0 Å². The molecule has 5 heteroatoms. The van der Waals surface area contributed by atoms with Gasteiger partial charge < -0.3 is 15.4 Å². The fraction of sp³-hybridized carbons (Fsp3) is 0.533. The van der Waals surface area contributed by atoms with Crippen LogP contribution in [0.15, 0.2) is 18.2 Å². The molecule has 2 unspecified atom stereocenters. The van der Waals surface area contributed by atoms with Crippen molar-refractivity contribution in [3.63, 3.8) is 0 Å². The average Bonchev–Trinajstić information content (AvgIpc) is 2.38. The number of ether oxygens (including phenoxy) is 1. The van der Waals surface area contributed by atoms with Gasteiger partial charge in [-0.25, -0.2) is 0 Å². The van der Waals surface area contributed by atoms with Crippen molar-refractivity contribution < 1.29 is 9.53 Å². The van der Waals surface area contributed by atoms with E-state index in [0.29, 0.717) is 13.2 Å². The molecule has 2 atom stereocenters. The Morgan fingerprint density at radius 3 is 2.55 bits per heavy atom. The van der Waals surface area contributed by atoms with E-state index in [2.05, 4.69) is 42.7 Å². The zero-order valence-corrected chi connectivity index (χ0v) is 13.0. The molecular weight excluding hydrogens is 276 g/mol. The highest BCUT2D eigenvalue weighted by Crippen LogP contribution is 2.16. The smallest absolute Gasteiger partial charge is 0.240 e. The summed E-state index contributed by atoms with van der Waals surface area (Å²) in [7, 11) is 0. The quantitative estimate of drug-likeness (QED) is 0.896. The van der Waals surface area contributed by atoms with Gasteiger partial charge in [0, 0.05) is 6.54 Å². The Bertz CT molecular complexity index is 439. The molecular formula is C15H23ClN2O2. The maximum Gasteiger partial charge on any atom is 0.240 e. The maximum atomic E-state index is 12.1. The number of carbonyl (C=O) groups excluding carboxylic acids is 1. The van der Waals surface area contributed by atoms with Crippen LogP contribution in [0.1, 0.15) is 29.7 Å². The summed E-state index contributed by atoms with van der Waals surface area (Å²) in [6, 6.07) is 6.14. The number of aryl methyl sites for hydroxylation is 2. The Morgan fingerprint density at radius 1 is 1.35 bits per heavy atom. The summed E-state index contributed by atoms with van der Waals surface area (Å²) in [5.74, 6) is 0.00589. The molecule has 1 amide bonds. The molecule has 1 fully saturated rings. The van der Waals surface area contributed by atoms with Crippen LogP contribution in [-0.4, -0.2) is 31.7 Å². The Hall–Kier alpha value is -1.10. The van der Waals surface area contributed by atoms with Crippen LogP contribution in [0, 0.1) is 13.8 Å². The normalized spacial score (nSPS) is 19.9. The topological polar surface area (TPSA) is 50.4 Å². The summed E-state index contributed by atoms with van der Waals surface area (Å²) in [6.07, 6.45) is 0. The van der Waals surface area contributed by atoms with E-state index in [1.54, 1.807) is 0 Å². The van der Waals surface area contributed by atoms with Crippen molar-refractivity contribution in [3.8, 4) is 0 Å². The average molecular weight is 299 g/mol. The van der Waals surface area contributed by atoms with Crippen molar-refractivity contribution in [2.45, 2.75) is 32.9 Å². The predicted octanol–water partition coefficient (Wildman–Crippen LogP) is 1.89. The zero-order valence-electron chi connectivity index (χ0n) is 12.2. The van der Waals surface area contributed by atoms with Gasteiger partial charge in [-0.3, -0.25) is 4.79 Å². The van der Waals surface area contributed by atoms with Gasteiger partial charge in [-0.15, -0.1) is 12.4 Å². The van der Waals surface area contributed by atoms with E-state index in [0.717, 1.165) is 12.1 Å². The fourth-order valence-corrected chi connectivity index (χ4v) is 2.39. The van der Waals surface area contributed by atoms with Crippen molar-refractivity contribution in [1.29, 1.82) is 0 Å². The van der Waals surface area contributed by atoms with Gasteiger partial charge in [0.15, 0.2) is 0 Å². The standard InChI is InChI=1S/C15H22N2O2.ClH/c1-10-6-11(2)8-13(7-10)12(3)17-15(18)14-9-19-5-4-16-14;/h6-8,12,14,16H,4-5,9H2,1-3H3,(H,17,18);1H. The largest absolute Gasteiger partial charge is 0.378 e. The molecule has 2 N–H and O–H groups in total. The number of nitrogens with one attached hydrogen (secondary N) is 2. The highest BCUT2D eigenvalue weighted by molar-refractivity contribution is 5.85. The minimum Gasteiger partial charge on any atom is -0.378 e. The van der Waals surface area contributed by atoms with Gasteiger partial charge in [0.2, 0.25) is 5.91 Å². The van der Waals surface area contributed by atoms with Gasteiger partial charge in [0.25, 0.3) is 0 Å². The molecule has 1 aliphatic heterocycles. The van der Waals surface area contributed by atoms with E-state index in [-0.39, 0.29) is 30.4 Å². The molecule has 1 saturated heterocycles. The first-order chi connectivity index (χ1) is 9.06. The van der Waals surface area contributed by atoms with Gasteiger partial charge in [0.1, 0.15) is 6.04 Å². The Morgan fingerprint density at radius 2 is 2.00 bits per heavy atom. The first-order valence-electron chi connectivity index (χ1n) is 6.76. The molecule has 112 valence electrons. The lowest BCUT2D eigenvalue weighted by Gasteiger charge is -2.25. The highest BCUT2D eigenvalue weighted by atomic mass is 35.5. The molecule has 1 heterocycles. The summed E-state index contributed by atoms with van der Waals surface area (Å²) >= 11 is 0. The third-order valence-electron chi connectivity index (χ3n) is 3.34. The number of hydrogen-bond donors (Lipinski definition) is 2. The monoisotopic (exact) mass is 298 g/mol. The molecule has 0 spiro atoms. The van der Waals surface area contributed by atoms with Gasteiger partial charge in [-0.1, -0.05) is 29.3 Å². The minimum absolute atomic E-state index is 0. The summed E-state index contributed by atoms with van der Waals surface area (Å²) in [5.41, 5.74) is 3.58. The second kappa shape index (κ2) is 7.62. The number of amides is 1. The van der Waals surface area contributed by atoms with E-state index in [4.69, 9.17) is 4.74 Å². The first-order valence-corrected chi connectivity index (χ1v) is 6.76. The molecule has 1 aromatic rings. The summed E-state index contributed by atoms with van der Waals surface area (Å²) < 4.78 is 5.31. The van der Waals surface area contributed by atoms with Gasteiger partial charge >= 0.3 is 0 Å². The van der Waals surface area contributed by atoms with Crippen molar-refractivity contribution in [1.82, 2.24) is 10.6 Å². The minimum atomic E-state index is -0.234. The van der Waals surface area contributed by atoms with Crippen LogP contribution < -0.4 is 10.6 Å². The Balaban J connectivity index is 0.00000200. The van der Waals surface area contributed by atoms with Gasteiger partial charge in [0.05, 0.1) is 19.3 Å². The van der Waals surface area contributed by atoms with E-state index in [1.807, 2.05) is 6.92 Å². The van der Waals surface area contributed by atoms with Crippen LogP contribution in [0.25, 0.3) is 0 Å². The van der Waals surface area contributed by atoms with E-state index in [9.17, 15) is 4.79 Å². The van der Waals surface area contributed by atoms with Crippen LogP contribution in [0.5, 0.6) is 0 Å². The predicted molar refractivity (Wildman–Crippen MR) is 82.3 cm³/mol. The lowest BCUT2D eigenvalue weighted by molar-refractivity contribution is -0.126. The van der Waals surface area contributed by atoms with E-state index < -0.39 is 0 Å². The number of morpholine rings is 1. The van der Waals surface area contributed by atoms with Crippen LogP contribution in [0.2, 0.25) is 0 Å². The zero-order chi connectivity index (χ0) is 13.8. The lowest BCUT2D eigenvalue weighted by atomic mass is 10.0. The van der Waals surface area contributed by atoms with E-state index in [1.165, 1.54) is 11.1 Å². The van der Waals surface area contributed by atoms with Crippen molar-refractivity contribution in [2.75, 3.05) is 19.8 Å². The number of benzene rings is 1. The molecule has 0 aliphatic carbocycles. The molecule has 0 aromatic heterocycles. The van der Waals surface area contributed by atoms with E-state index >= 15 is 0 Å². The third kappa shape index (κ3) is 4.47. The lowest BCUT2D eigenvalue weighted by Crippen LogP contribution is -2.51. The maximum absolute atomic E-state index is 12.1. The molecule has 2 rings (SSSR count). The summed E-state index contributed by atoms with van der Waals surface area (Å²) in [5, 5.41) is 6.20. The van der Waals surface area contributed by atoms with Crippen molar-refractivity contribution in [2.24, 2.45) is 0 Å². The van der Waals surface area contributed by atoms with Gasteiger partial charge in [-0.05, 0) is 26.3 Å². The molecule has 0 bridgehead atoms. The SMILES string of the molecule is Cc1cc(C)cc(C(C)NC(=O)C2COCCN2)c1.Cl. The third-order valence-corrected chi connectivity index (χ3v) is 3.34. The second-order valence-electron chi connectivity index (χ2n) is 5.23. The molecule has 0 saturated carbocycles. The molecule has 20 heavy (non-hydrogen) atoms. The Kier molecular flexibility index (Phi) is 6.46. The number of carbonyl (C=O) groups is 1. The fourth-order valence-electron chi connectivity index (χ4n) is 2.39. The van der Waals surface area contributed by atoms with Crippen LogP contribution in [0.4, 0.5) is 0 Å². The first kappa shape index (κ1) is 17.0. The molecule has 1 aliphatic rings. The van der Waals surface area contributed by atoms with Crippen molar-refractivity contribution in [3.05, 3.63) is 34.9 Å². The summed E-state index contributed by atoms with van der Waals surface area (Å²) in [6.45, 7) is 8.01. The second-order valence-corrected chi connectivity index (χ2v) is 5.23.